The molecule has 2 heteroatoms. The zero-order valence-corrected chi connectivity index (χ0v) is 13.2. The molecule has 1 aromatic carbocycles. The predicted molar refractivity (Wildman–Crippen MR) is 86.4 cm³/mol. The van der Waals surface area contributed by atoms with Gasteiger partial charge in [0.2, 0.25) is 0 Å². The maximum absolute atomic E-state index is 11.5. The van der Waals surface area contributed by atoms with E-state index in [1.807, 2.05) is 0 Å². The van der Waals surface area contributed by atoms with Crippen molar-refractivity contribution in [2.75, 3.05) is 7.11 Å². The summed E-state index contributed by atoms with van der Waals surface area (Å²) in [5, 5.41) is 0. The van der Waals surface area contributed by atoms with Crippen LogP contribution in [0, 0.1) is 0 Å². The summed E-state index contributed by atoms with van der Waals surface area (Å²) >= 11 is 0. The standard InChI is InChI=1S/C19H26O2/c1-3-4-5-6-15-7-9-16(10-8-15)17-11-13-18(14-12-17)19(20)21-2/h7-10,13,17H,3-6,11-12,14H2,1-2H3. The van der Waals surface area contributed by atoms with Crippen molar-refractivity contribution in [3.05, 3.63) is 47.0 Å². The van der Waals surface area contributed by atoms with Crippen LogP contribution in [0.4, 0.5) is 0 Å². The molecule has 0 aromatic heterocycles. The topological polar surface area (TPSA) is 26.3 Å². The summed E-state index contributed by atoms with van der Waals surface area (Å²) in [7, 11) is 1.45. The monoisotopic (exact) mass is 286 g/mol. The van der Waals surface area contributed by atoms with Crippen LogP contribution in [0.15, 0.2) is 35.9 Å². The van der Waals surface area contributed by atoms with E-state index in [9.17, 15) is 4.79 Å². The van der Waals surface area contributed by atoms with Gasteiger partial charge >= 0.3 is 5.97 Å². The van der Waals surface area contributed by atoms with Crippen molar-refractivity contribution in [2.24, 2.45) is 0 Å². The molecular weight excluding hydrogens is 260 g/mol. The van der Waals surface area contributed by atoms with E-state index >= 15 is 0 Å². The molecule has 0 saturated heterocycles. The van der Waals surface area contributed by atoms with E-state index in [4.69, 9.17) is 4.74 Å². The lowest BCUT2D eigenvalue weighted by molar-refractivity contribution is -0.136. The Morgan fingerprint density at radius 3 is 2.57 bits per heavy atom. The van der Waals surface area contributed by atoms with Crippen LogP contribution < -0.4 is 0 Å². The SMILES string of the molecule is CCCCCc1ccc(C2CC=C(C(=O)OC)CC2)cc1. The molecule has 1 aliphatic carbocycles. The van der Waals surface area contributed by atoms with Crippen LogP contribution in [0.1, 0.15) is 62.5 Å². The lowest BCUT2D eigenvalue weighted by atomic mass is 9.84. The minimum Gasteiger partial charge on any atom is -0.466 e. The van der Waals surface area contributed by atoms with Crippen molar-refractivity contribution in [2.45, 2.75) is 57.8 Å². The van der Waals surface area contributed by atoms with Gasteiger partial charge in [-0.3, -0.25) is 0 Å². The molecule has 1 atom stereocenters. The van der Waals surface area contributed by atoms with E-state index in [0.717, 1.165) is 24.8 Å². The minimum absolute atomic E-state index is 0.167. The summed E-state index contributed by atoms with van der Waals surface area (Å²) < 4.78 is 4.79. The van der Waals surface area contributed by atoms with Crippen molar-refractivity contribution < 1.29 is 9.53 Å². The van der Waals surface area contributed by atoms with Gasteiger partial charge in [-0.25, -0.2) is 4.79 Å². The summed E-state index contributed by atoms with van der Waals surface area (Å²) in [5.74, 6) is 0.378. The molecule has 0 heterocycles. The second-order valence-corrected chi connectivity index (χ2v) is 5.89. The van der Waals surface area contributed by atoms with E-state index in [1.54, 1.807) is 0 Å². The highest BCUT2D eigenvalue weighted by Crippen LogP contribution is 2.32. The molecule has 2 nitrogen and oxygen atoms in total. The molecule has 21 heavy (non-hydrogen) atoms. The number of carbonyl (C=O) groups is 1. The number of aryl methyl sites for hydroxylation is 1. The van der Waals surface area contributed by atoms with E-state index < -0.39 is 0 Å². The number of hydrogen-bond donors (Lipinski definition) is 0. The van der Waals surface area contributed by atoms with E-state index in [0.29, 0.717) is 5.92 Å². The van der Waals surface area contributed by atoms with Gasteiger partial charge in [0.25, 0.3) is 0 Å². The highest BCUT2D eigenvalue weighted by molar-refractivity contribution is 5.88. The Balaban J connectivity index is 1.91. The van der Waals surface area contributed by atoms with Crippen molar-refractivity contribution in [3.63, 3.8) is 0 Å². The molecule has 0 fully saturated rings. The summed E-state index contributed by atoms with van der Waals surface area (Å²) in [6.45, 7) is 2.24. The van der Waals surface area contributed by atoms with Crippen LogP contribution in [0.25, 0.3) is 0 Å². The number of esters is 1. The smallest absolute Gasteiger partial charge is 0.333 e. The molecule has 1 unspecified atom stereocenters. The first-order chi connectivity index (χ1) is 10.2. The fraction of sp³-hybridized carbons (Fsp3) is 0.526. The molecule has 1 aromatic rings. The maximum Gasteiger partial charge on any atom is 0.333 e. The van der Waals surface area contributed by atoms with Crippen molar-refractivity contribution in [1.82, 2.24) is 0 Å². The highest BCUT2D eigenvalue weighted by Gasteiger charge is 2.20. The molecule has 0 N–H and O–H groups in total. The van der Waals surface area contributed by atoms with E-state index in [2.05, 4.69) is 37.3 Å². The average Bonchev–Trinajstić information content (AvgIpc) is 2.55. The number of methoxy groups -OCH3 is 1. The van der Waals surface area contributed by atoms with Gasteiger partial charge in [0, 0.05) is 5.57 Å². The van der Waals surface area contributed by atoms with Crippen molar-refractivity contribution >= 4 is 5.97 Å². The van der Waals surface area contributed by atoms with Crippen LogP contribution in [0.3, 0.4) is 0 Å². The fourth-order valence-electron chi connectivity index (χ4n) is 2.99. The first-order valence-electron chi connectivity index (χ1n) is 8.10. The fourth-order valence-corrected chi connectivity index (χ4v) is 2.99. The average molecular weight is 286 g/mol. The van der Waals surface area contributed by atoms with Gasteiger partial charge in [0.05, 0.1) is 7.11 Å². The van der Waals surface area contributed by atoms with Gasteiger partial charge in [0.1, 0.15) is 0 Å². The molecule has 0 bridgehead atoms. The zero-order valence-electron chi connectivity index (χ0n) is 13.2. The number of hydrogen-bond acceptors (Lipinski definition) is 2. The molecule has 1 aliphatic rings. The van der Waals surface area contributed by atoms with Gasteiger partial charge in [0.15, 0.2) is 0 Å². The second-order valence-electron chi connectivity index (χ2n) is 5.89. The number of carbonyl (C=O) groups excluding carboxylic acids is 1. The third-order valence-corrected chi connectivity index (χ3v) is 4.38. The summed E-state index contributed by atoms with van der Waals surface area (Å²) in [4.78, 5) is 11.5. The third kappa shape index (κ3) is 4.45. The predicted octanol–water partition coefficient (Wildman–Crippen LogP) is 4.79. The molecular formula is C19H26O2. The Morgan fingerprint density at radius 2 is 2.00 bits per heavy atom. The summed E-state index contributed by atoms with van der Waals surface area (Å²) in [5.41, 5.74) is 3.67. The molecule has 114 valence electrons. The molecule has 0 saturated carbocycles. The van der Waals surface area contributed by atoms with E-state index in [-0.39, 0.29) is 5.97 Å². The largest absolute Gasteiger partial charge is 0.466 e. The van der Waals surface area contributed by atoms with Gasteiger partial charge in [-0.1, -0.05) is 50.1 Å². The lowest BCUT2D eigenvalue weighted by Gasteiger charge is -2.21. The Labute approximate surface area is 128 Å². The molecule has 0 amide bonds. The number of allylic oxidation sites excluding steroid dienone is 1. The zero-order chi connectivity index (χ0) is 15.1. The van der Waals surface area contributed by atoms with Crippen LogP contribution in [0.2, 0.25) is 0 Å². The van der Waals surface area contributed by atoms with Crippen molar-refractivity contribution in [1.29, 1.82) is 0 Å². The molecule has 0 radical (unpaired) electrons. The lowest BCUT2D eigenvalue weighted by Crippen LogP contribution is -2.11. The first-order valence-corrected chi connectivity index (χ1v) is 8.10. The van der Waals surface area contributed by atoms with Crippen LogP contribution >= 0.6 is 0 Å². The van der Waals surface area contributed by atoms with Gasteiger partial charge in [-0.2, -0.15) is 0 Å². The number of rotatable bonds is 6. The Bertz CT molecular complexity index is 485. The van der Waals surface area contributed by atoms with Gasteiger partial charge in [-0.05, 0) is 49.1 Å². The maximum atomic E-state index is 11.5. The van der Waals surface area contributed by atoms with E-state index in [1.165, 1.54) is 43.9 Å². The van der Waals surface area contributed by atoms with Gasteiger partial charge in [-0.15, -0.1) is 0 Å². The van der Waals surface area contributed by atoms with Crippen LogP contribution in [0.5, 0.6) is 0 Å². The van der Waals surface area contributed by atoms with Crippen LogP contribution in [-0.2, 0) is 16.0 Å². The normalized spacial score (nSPS) is 18.2. The molecule has 0 spiro atoms. The van der Waals surface area contributed by atoms with Gasteiger partial charge < -0.3 is 4.74 Å². The quantitative estimate of drug-likeness (QED) is 0.555. The first kappa shape index (κ1) is 15.8. The summed E-state index contributed by atoms with van der Waals surface area (Å²) in [6, 6.07) is 9.07. The Kier molecular flexibility index (Phi) is 6.04. The third-order valence-electron chi connectivity index (χ3n) is 4.38. The Morgan fingerprint density at radius 1 is 1.24 bits per heavy atom. The minimum atomic E-state index is -0.167. The van der Waals surface area contributed by atoms with Crippen molar-refractivity contribution in [3.8, 4) is 0 Å². The molecule has 2 rings (SSSR count). The second kappa shape index (κ2) is 8.02. The molecule has 0 aliphatic heterocycles. The Hall–Kier alpha value is -1.57. The number of ether oxygens (including phenoxy) is 1. The summed E-state index contributed by atoms with van der Waals surface area (Å²) in [6.07, 6.45) is 9.91. The number of unbranched alkanes of at least 4 members (excludes halogenated alkanes) is 2. The number of benzene rings is 1. The van der Waals surface area contributed by atoms with Crippen LogP contribution in [-0.4, -0.2) is 13.1 Å². The highest BCUT2D eigenvalue weighted by atomic mass is 16.5.